The number of hydrogen-bond acceptors (Lipinski definition) is 1. The van der Waals surface area contributed by atoms with Gasteiger partial charge in [0.1, 0.15) is 11.6 Å². The molecule has 0 aliphatic heterocycles. The molecule has 2 aromatic carbocycles. The van der Waals surface area contributed by atoms with Gasteiger partial charge in [0, 0.05) is 11.3 Å². The Morgan fingerprint density at radius 2 is 1.60 bits per heavy atom. The second kappa shape index (κ2) is 5.94. The van der Waals surface area contributed by atoms with Gasteiger partial charge < -0.3 is 5.32 Å². The van der Waals surface area contributed by atoms with E-state index in [-0.39, 0.29) is 15.6 Å². The quantitative estimate of drug-likeness (QED) is 0.728. The number of halogens is 5. The molecule has 0 bridgehead atoms. The van der Waals surface area contributed by atoms with E-state index in [2.05, 4.69) is 5.32 Å². The molecule has 0 aliphatic rings. The molecule has 0 saturated heterocycles. The van der Waals surface area contributed by atoms with Gasteiger partial charge in [-0.15, -0.1) is 0 Å². The maximum Gasteiger partial charge on any atom is 0.160 e. The van der Waals surface area contributed by atoms with Gasteiger partial charge in [-0.2, -0.15) is 0 Å². The van der Waals surface area contributed by atoms with Crippen LogP contribution in [0, 0.1) is 17.5 Å². The summed E-state index contributed by atoms with van der Waals surface area (Å²) in [5.41, 5.74) is 0.569. The van der Waals surface area contributed by atoms with E-state index in [0.29, 0.717) is 5.69 Å². The monoisotopic (exact) mass is 319 g/mol. The summed E-state index contributed by atoms with van der Waals surface area (Å²) in [5, 5.41) is 2.60. The van der Waals surface area contributed by atoms with E-state index >= 15 is 0 Å². The molecule has 0 saturated carbocycles. The highest BCUT2D eigenvalue weighted by Crippen LogP contribution is 2.30. The Hall–Kier alpha value is -1.39. The largest absolute Gasteiger partial charge is 0.378 e. The van der Waals surface area contributed by atoms with Crippen molar-refractivity contribution in [1.82, 2.24) is 0 Å². The van der Waals surface area contributed by atoms with Gasteiger partial charge in [-0.25, -0.2) is 13.2 Å². The number of rotatable bonds is 3. The van der Waals surface area contributed by atoms with Crippen LogP contribution in [0.15, 0.2) is 30.3 Å². The minimum Gasteiger partial charge on any atom is -0.378 e. The van der Waals surface area contributed by atoms with E-state index in [1.54, 1.807) is 6.92 Å². The molecule has 0 heterocycles. The fourth-order valence-corrected chi connectivity index (χ4v) is 2.30. The summed E-state index contributed by atoms with van der Waals surface area (Å²) in [6, 6.07) is 5.31. The zero-order valence-electron chi connectivity index (χ0n) is 10.4. The minimum absolute atomic E-state index is 0.146. The molecule has 1 atom stereocenters. The Kier molecular flexibility index (Phi) is 4.45. The minimum atomic E-state index is -0.719. The maximum absolute atomic E-state index is 13.6. The zero-order chi connectivity index (χ0) is 14.9. The third kappa shape index (κ3) is 3.19. The first-order valence-corrected chi connectivity index (χ1v) is 6.50. The summed E-state index contributed by atoms with van der Waals surface area (Å²) in [5.74, 6) is -1.79. The van der Waals surface area contributed by atoms with E-state index < -0.39 is 23.5 Å². The third-order valence-electron chi connectivity index (χ3n) is 2.79. The molecule has 1 unspecified atom stereocenters. The lowest BCUT2D eigenvalue weighted by Gasteiger charge is -2.17. The van der Waals surface area contributed by atoms with Crippen LogP contribution in [0.5, 0.6) is 0 Å². The Bertz CT molecular complexity index is 623. The van der Waals surface area contributed by atoms with Crippen LogP contribution in [0.3, 0.4) is 0 Å². The predicted molar refractivity (Wildman–Crippen MR) is 74.8 cm³/mol. The average molecular weight is 320 g/mol. The number of anilines is 1. The van der Waals surface area contributed by atoms with Crippen LogP contribution in [0.2, 0.25) is 10.0 Å². The van der Waals surface area contributed by atoms with Gasteiger partial charge in [-0.1, -0.05) is 23.2 Å². The Morgan fingerprint density at radius 1 is 1.00 bits per heavy atom. The van der Waals surface area contributed by atoms with Crippen molar-refractivity contribution in [3.8, 4) is 0 Å². The van der Waals surface area contributed by atoms with E-state index in [1.165, 1.54) is 12.1 Å². The van der Waals surface area contributed by atoms with Crippen LogP contribution in [-0.4, -0.2) is 0 Å². The SMILES string of the molecule is CC(Nc1cc(Cl)c(F)c(Cl)c1)c1cc(F)ccc1F. The average Bonchev–Trinajstić information content (AvgIpc) is 2.38. The Labute approximate surface area is 124 Å². The van der Waals surface area contributed by atoms with Crippen LogP contribution < -0.4 is 5.32 Å². The predicted octanol–water partition coefficient (Wildman–Crippen LogP) is 5.58. The standard InChI is InChI=1S/C14H10Cl2F3N/c1-7(10-4-8(17)2-3-13(10)18)20-9-5-11(15)14(19)12(16)6-9/h2-7,20H,1H3. The summed E-state index contributed by atoms with van der Waals surface area (Å²) >= 11 is 11.3. The van der Waals surface area contributed by atoms with Crippen molar-refractivity contribution < 1.29 is 13.2 Å². The van der Waals surface area contributed by atoms with Crippen molar-refractivity contribution in [3.63, 3.8) is 0 Å². The summed E-state index contributed by atoms with van der Waals surface area (Å²) in [4.78, 5) is 0. The zero-order valence-corrected chi connectivity index (χ0v) is 11.9. The third-order valence-corrected chi connectivity index (χ3v) is 3.34. The first-order chi connectivity index (χ1) is 9.38. The van der Waals surface area contributed by atoms with Crippen LogP contribution >= 0.6 is 23.2 Å². The second-order valence-electron chi connectivity index (χ2n) is 4.29. The Balaban J connectivity index is 2.27. The van der Waals surface area contributed by atoms with Crippen molar-refractivity contribution in [3.05, 3.63) is 63.4 Å². The molecule has 2 aromatic rings. The molecular weight excluding hydrogens is 310 g/mol. The molecule has 0 aromatic heterocycles. The lowest BCUT2D eigenvalue weighted by Crippen LogP contribution is -2.09. The van der Waals surface area contributed by atoms with Gasteiger partial charge in [0.15, 0.2) is 5.82 Å². The van der Waals surface area contributed by atoms with Gasteiger partial charge in [0.2, 0.25) is 0 Å². The summed E-state index contributed by atoms with van der Waals surface area (Å²) in [6.45, 7) is 1.64. The van der Waals surface area contributed by atoms with Crippen LogP contribution in [0.25, 0.3) is 0 Å². The van der Waals surface area contributed by atoms with Gasteiger partial charge in [-0.05, 0) is 37.3 Å². The van der Waals surface area contributed by atoms with Crippen molar-refractivity contribution in [1.29, 1.82) is 0 Å². The van der Waals surface area contributed by atoms with E-state index in [1.807, 2.05) is 0 Å². The van der Waals surface area contributed by atoms with Gasteiger partial charge in [-0.3, -0.25) is 0 Å². The van der Waals surface area contributed by atoms with Crippen molar-refractivity contribution in [2.24, 2.45) is 0 Å². The maximum atomic E-state index is 13.6. The van der Waals surface area contributed by atoms with Crippen molar-refractivity contribution >= 4 is 28.9 Å². The number of benzene rings is 2. The van der Waals surface area contributed by atoms with Gasteiger partial charge in [0.05, 0.1) is 16.1 Å². The lowest BCUT2D eigenvalue weighted by atomic mass is 10.1. The highest BCUT2D eigenvalue weighted by Gasteiger charge is 2.14. The molecule has 1 N–H and O–H groups in total. The van der Waals surface area contributed by atoms with Gasteiger partial charge >= 0.3 is 0 Å². The molecule has 0 radical (unpaired) electrons. The van der Waals surface area contributed by atoms with Crippen LogP contribution in [-0.2, 0) is 0 Å². The molecule has 0 spiro atoms. The highest BCUT2D eigenvalue weighted by molar-refractivity contribution is 6.35. The molecule has 106 valence electrons. The highest BCUT2D eigenvalue weighted by atomic mass is 35.5. The second-order valence-corrected chi connectivity index (χ2v) is 5.10. The number of nitrogens with one attached hydrogen (secondary N) is 1. The van der Waals surface area contributed by atoms with Crippen molar-refractivity contribution in [2.45, 2.75) is 13.0 Å². The summed E-state index contributed by atoms with van der Waals surface area (Å²) in [6.07, 6.45) is 0. The van der Waals surface area contributed by atoms with Crippen LogP contribution in [0.1, 0.15) is 18.5 Å². The molecule has 2 rings (SSSR count). The number of hydrogen-bond donors (Lipinski definition) is 1. The topological polar surface area (TPSA) is 12.0 Å². The first-order valence-electron chi connectivity index (χ1n) is 5.74. The Morgan fingerprint density at radius 3 is 2.20 bits per heavy atom. The van der Waals surface area contributed by atoms with E-state index in [4.69, 9.17) is 23.2 Å². The fraction of sp³-hybridized carbons (Fsp3) is 0.143. The fourth-order valence-electron chi connectivity index (χ4n) is 1.81. The van der Waals surface area contributed by atoms with Crippen LogP contribution in [0.4, 0.5) is 18.9 Å². The molecule has 20 heavy (non-hydrogen) atoms. The summed E-state index contributed by atoms with van der Waals surface area (Å²) in [7, 11) is 0. The molecule has 1 nitrogen and oxygen atoms in total. The normalized spacial score (nSPS) is 12.3. The lowest BCUT2D eigenvalue weighted by molar-refractivity contribution is 0.577. The molecule has 0 amide bonds. The molecule has 6 heteroatoms. The molecular formula is C14H10Cl2F3N. The first kappa shape index (κ1) is 15.0. The van der Waals surface area contributed by atoms with E-state index in [9.17, 15) is 13.2 Å². The smallest absolute Gasteiger partial charge is 0.160 e. The molecule has 0 aliphatic carbocycles. The van der Waals surface area contributed by atoms with Crippen molar-refractivity contribution in [2.75, 3.05) is 5.32 Å². The van der Waals surface area contributed by atoms with Gasteiger partial charge in [0.25, 0.3) is 0 Å². The summed E-state index contributed by atoms with van der Waals surface area (Å²) < 4.78 is 40.1. The molecule has 0 fully saturated rings. The van der Waals surface area contributed by atoms with E-state index in [0.717, 1.165) is 18.2 Å².